The molecule has 0 aliphatic carbocycles. The zero-order chi connectivity index (χ0) is 9.84. The van der Waals surface area contributed by atoms with Crippen molar-refractivity contribution < 1.29 is 4.74 Å². The zero-order valence-electron chi connectivity index (χ0n) is 8.45. The predicted octanol–water partition coefficient (Wildman–Crippen LogP) is 1.41. The number of rotatable bonds is 4. The van der Waals surface area contributed by atoms with Crippen LogP contribution in [0.5, 0.6) is 0 Å². The fourth-order valence-electron chi connectivity index (χ4n) is 1.06. The number of nitrogens with zero attached hydrogens (tertiary/aromatic N) is 2. The van der Waals surface area contributed by atoms with Crippen molar-refractivity contribution in [3.8, 4) is 0 Å². The van der Waals surface area contributed by atoms with Crippen LogP contribution in [0.4, 0.5) is 5.95 Å². The van der Waals surface area contributed by atoms with Crippen LogP contribution in [-0.2, 0) is 17.9 Å². The first-order valence-electron chi connectivity index (χ1n) is 4.56. The van der Waals surface area contributed by atoms with E-state index in [-0.39, 0.29) is 6.10 Å². The third kappa shape index (κ3) is 2.73. The summed E-state index contributed by atoms with van der Waals surface area (Å²) in [5.41, 5.74) is 6.55. The summed E-state index contributed by atoms with van der Waals surface area (Å²) in [5.74, 6) is 0.560. The molecule has 1 rings (SSSR count). The van der Waals surface area contributed by atoms with E-state index in [1.54, 1.807) is 0 Å². The van der Waals surface area contributed by atoms with Crippen LogP contribution in [0.15, 0.2) is 6.20 Å². The van der Waals surface area contributed by atoms with Gasteiger partial charge in [-0.3, -0.25) is 0 Å². The van der Waals surface area contributed by atoms with Gasteiger partial charge in [-0.05, 0) is 20.8 Å². The number of ether oxygens (including phenoxy) is 1. The largest absolute Gasteiger partial charge is 0.372 e. The number of nitrogen functional groups attached to an aromatic ring is 1. The van der Waals surface area contributed by atoms with Crippen LogP contribution < -0.4 is 5.73 Å². The van der Waals surface area contributed by atoms with Crippen LogP contribution in [0.1, 0.15) is 26.5 Å². The van der Waals surface area contributed by atoms with Crippen LogP contribution >= 0.6 is 0 Å². The molecule has 1 aromatic rings. The van der Waals surface area contributed by atoms with E-state index in [0.29, 0.717) is 12.6 Å². The molecule has 0 saturated carbocycles. The number of hydrogen-bond acceptors (Lipinski definition) is 3. The summed E-state index contributed by atoms with van der Waals surface area (Å²) in [5, 5.41) is 0. The molecule has 4 heteroatoms. The highest BCUT2D eigenvalue weighted by Crippen LogP contribution is 2.06. The third-order valence-corrected chi connectivity index (χ3v) is 1.76. The molecule has 74 valence electrons. The Morgan fingerprint density at radius 3 is 2.77 bits per heavy atom. The predicted molar refractivity (Wildman–Crippen MR) is 52.2 cm³/mol. The summed E-state index contributed by atoms with van der Waals surface area (Å²) in [6.07, 6.45) is 2.16. The van der Waals surface area contributed by atoms with E-state index < -0.39 is 0 Å². The molecule has 1 aromatic heterocycles. The second-order valence-electron chi connectivity index (χ2n) is 3.24. The summed E-state index contributed by atoms with van der Waals surface area (Å²) in [6.45, 7) is 7.42. The lowest BCUT2D eigenvalue weighted by molar-refractivity contribution is 0.0638. The average molecular weight is 183 g/mol. The molecular formula is C9H17N3O. The quantitative estimate of drug-likeness (QED) is 0.767. The molecule has 0 radical (unpaired) electrons. The van der Waals surface area contributed by atoms with Gasteiger partial charge in [0.2, 0.25) is 0 Å². The van der Waals surface area contributed by atoms with Crippen LogP contribution in [0, 0.1) is 0 Å². The van der Waals surface area contributed by atoms with Gasteiger partial charge in [0.1, 0.15) is 0 Å². The van der Waals surface area contributed by atoms with Gasteiger partial charge in [0, 0.05) is 12.7 Å². The minimum Gasteiger partial charge on any atom is -0.372 e. The van der Waals surface area contributed by atoms with E-state index in [0.717, 1.165) is 12.2 Å². The lowest BCUT2D eigenvalue weighted by atomic mass is 10.4. The maximum atomic E-state index is 5.65. The van der Waals surface area contributed by atoms with Crippen LogP contribution in [-0.4, -0.2) is 15.7 Å². The molecule has 0 saturated heterocycles. The molecule has 0 bridgehead atoms. The lowest BCUT2D eigenvalue weighted by Crippen LogP contribution is -2.02. The molecular weight excluding hydrogens is 166 g/mol. The Balaban J connectivity index is 2.57. The number of anilines is 1. The number of hydrogen-bond donors (Lipinski definition) is 1. The van der Waals surface area contributed by atoms with Crippen molar-refractivity contribution in [2.75, 3.05) is 5.73 Å². The molecule has 0 fully saturated rings. The molecule has 0 atom stereocenters. The first-order chi connectivity index (χ1) is 6.13. The van der Waals surface area contributed by atoms with Crippen LogP contribution in [0.25, 0.3) is 0 Å². The van der Waals surface area contributed by atoms with Gasteiger partial charge in [-0.15, -0.1) is 0 Å². The number of aryl methyl sites for hydroxylation is 1. The van der Waals surface area contributed by atoms with E-state index in [9.17, 15) is 0 Å². The van der Waals surface area contributed by atoms with Gasteiger partial charge in [0.15, 0.2) is 5.95 Å². The van der Waals surface area contributed by atoms with Crippen molar-refractivity contribution in [1.82, 2.24) is 9.55 Å². The zero-order valence-corrected chi connectivity index (χ0v) is 8.45. The highest BCUT2D eigenvalue weighted by Gasteiger charge is 2.03. The number of nitrogens with two attached hydrogens (primary N) is 1. The molecule has 0 spiro atoms. The molecule has 0 aliphatic heterocycles. The molecule has 0 unspecified atom stereocenters. The SMILES string of the molecule is CCn1cc(COC(C)C)nc1N. The summed E-state index contributed by atoms with van der Waals surface area (Å²) < 4.78 is 7.31. The Kier molecular flexibility index (Phi) is 3.31. The number of imidazole rings is 1. The van der Waals surface area contributed by atoms with Crippen molar-refractivity contribution in [3.63, 3.8) is 0 Å². The van der Waals surface area contributed by atoms with Gasteiger partial charge in [-0.25, -0.2) is 4.98 Å². The fraction of sp³-hybridized carbons (Fsp3) is 0.667. The third-order valence-electron chi connectivity index (χ3n) is 1.76. The van der Waals surface area contributed by atoms with Gasteiger partial charge in [0.25, 0.3) is 0 Å². The highest BCUT2D eigenvalue weighted by molar-refractivity contribution is 5.21. The normalized spacial score (nSPS) is 11.1. The topological polar surface area (TPSA) is 53.1 Å². The average Bonchev–Trinajstić information content (AvgIpc) is 2.43. The van der Waals surface area contributed by atoms with Crippen LogP contribution in [0.2, 0.25) is 0 Å². The highest BCUT2D eigenvalue weighted by atomic mass is 16.5. The maximum Gasteiger partial charge on any atom is 0.200 e. The summed E-state index contributed by atoms with van der Waals surface area (Å²) in [6, 6.07) is 0. The van der Waals surface area contributed by atoms with E-state index >= 15 is 0 Å². The van der Waals surface area contributed by atoms with Gasteiger partial charge < -0.3 is 15.0 Å². The standard InChI is InChI=1S/C9H17N3O/c1-4-12-5-8(11-9(12)10)6-13-7(2)3/h5,7H,4,6H2,1-3H3,(H2,10,11). The van der Waals surface area contributed by atoms with E-state index in [1.807, 2.05) is 31.5 Å². The van der Waals surface area contributed by atoms with Gasteiger partial charge >= 0.3 is 0 Å². The first-order valence-corrected chi connectivity index (χ1v) is 4.56. The molecule has 0 aromatic carbocycles. The van der Waals surface area contributed by atoms with E-state index in [1.165, 1.54) is 0 Å². The smallest absolute Gasteiger partial charge is 0.200 e. The number of aromatic nitrogens is 2. The molecule has 2 N–H and O–H groups in total. The molecule has 0 aliphatic rings. The Labute approximate surface area is 78.7 Å². The summed E-state index contributed by atoms with van der Waals surface area (Å²) >= 11 is 0. The van der Waals surface area contributed by atoms with Gasteiger partial charge in [-0.2, -0.15) is 0 Å². The first kappa shape index (κ1) is 10.1. The van der Waals surface area contributed by atoms with Crippen molar-refractivity contribution in [2.45, 2.75) is 40.0 Å². The van der Waals surface area contributed by atoms with Crippen molar-refractivity contribution in [3.05, 3.63) is 11.9 Å². The Bertz CT molecular complexity index is 268. The minimum absolute atomic E-state index is 0.230. The lowest BCUT2D eigenvalue weighted by Gasteiger charge is -2.03. The monoisotopic (exact) mass is 183 g/mol. The molecule has 1 heterocycles. The van der Waals surface area contributed by atoms with Gasteiger partial charge in [0.05, 0.1) is 18.4 Å². The summed E-state index contributed by atoms with van der Waals surface area (Å²) in [4.78, 5) is 4.17. The second kappa shape index (κ2) is 4.28. The molecule has 4 nitrogen and oxygen atoms in total. The Hall–Kier alpha value is -1.03. The molecule has 0 amide bonds. The van der Waals surface area contributed by atoms with Crippen molar-refractivity contribution in [1.29, 1.82) is 0 Å². The minimum atomic E-state index is 0.230. The van der Waals surface area contributed by atoms with E-state index in [2.05, 4.69) is 4.98 Å². The van der Waals surface area contributed by atoms with Crippen LogP contribution in [0.3, 0.4) is 0 Å². The maximum absolute atomic E-state index is 5.65. The van der Waals surface area contributed by atoms with Gasteiger partial charge in [-0.1, -0.05) is 0 Å². The van der Waals surface area contributed by atoms with Crippen molar-refractivity contribution >= 4 is 5.95 Å². The Morgan fingerprint density at radius 2 is 2.31 bits per heavy atom. The second-order valence-corrected chi connectivity index (χ2v) is 3.24. The fourth-order valence-corrected chi connectivity index (χ4v) is 1.06. The molecule has 13 heavy (non-hydrogen) atoms. The Morgan fingerprint density at radius 1 is 1.62 bits per heavy atom. The van der Waals surface area contributed by atoms with E-state index in [4.69, 9.17) is 10.5 Å². The summed E-state index contributed by atoms with van der Waals surface area (Å²) in [7, 11) is 0. The van der Waals surface area contributed by atoms with Crippen molar-refractivity contribution in [2.24, 2.45) is 0 Å².